The fourth-order valence-corrected chi connectivity index (χ4v) is 1.66. The predicted octanol–water partition coefficient (Wildman–Crippen LogP) is 4.36. The lowest BCUT2D eigenvalue weighted by Crippen LogP contribution is -1.93. The Morgan fingerprint density at radius 1 is 0.750 bits per heavy atom. The van der Waals surface area contributed by atoms with Crippen LogP contribution >= 0.6 is 0 Å². The highest BCUT2D eigenvalue weighted by atomic mass is 14.9. The SMILES string of the molecule is Cc1ccc(Nc2cc(C)ccc2C)cc1. The largest absolute Gasteiger partial charge is 0.355 e. The van der Waals surface area contributed by atoms with Gasteiger partial charge in [-0.15, -0.1) is 0 Å². The molecule has 16 heavy (non-hydrogen) atoms. The van der Waals surface area contributed by atoms with E-state index in [0.29, 0.717) is 0 Å². The third kappa shape index (κ3) is 2.43. The molecule has 1 N–H and O–H groups in total. The Balaban J connectivity index is 2.26. The number of benzene rings is 2. The Morgan fingerprint density at radius 3 is 2.06 bits per heavy atom. The van der Waals surface area contributed by atoms with E-state index in [1.165, 1.54) is 22.4 Å². The molecule has 0 aliphatic carbocycles. The van der Waals surface area contributed by atoms with Gasteiger partial charge in [0.2, 0.25) is 0 Å². The zero-order valence-electron chi connectivity index (χ0n) is 10.0. The molecule has 0 unspecified atom stereocenters. The second-order valence-corrected chi connectivity index (χ2v) is 4.31. The summed E-state index contributed by atoms with van der Waals surface area (Å²) < 4.78 is 0. The highest BCUT2D eigenvalue weighted by molar-refractivity contribution is 5.63. The van der Waals surface area contributed by atoms with Crippen molar-refractivity contribution in [3.05, 3.63) is 59.2 Å². The molecular formula is C15H17N. The Bertz CT molecular complexity index is 483. The monoisotopic (exact) mass is 211 g/mol. The minimum absolute atomic E-state index is 1.14. The third-order valence-corrected chi connectivity index (χ3v) is 2.72. The molecule has 1 nitrogen and oxygen atoms in total. The summed E-state index contributed by atoms with van der Waals surface area (Å²) in [5.74, 6) is 0. The highest BCUT2D eigenvalue weighted by Crippen LogP contribution is 2.21. The molecule has 0 saturated heterocycles. The first-order valence-electron chi connectivity index (χ1n) is 5.56. The molecule has 2 rings (SSSR count). The number of hydrogen-bond donors (Lipinski definition) is 1. The minimum atomic E-state index is 1.14. The lowest BCUT2D eigenvalue weighted by atomic mass is 10.1. The third-order valence-electron chi connectivity index (χ3n) is 2.72. The maximum atomic E-state index is 3.44. The normalized spacial score (nSPS) is 10.2. The van der Waals surface area contributed by atoms with Crippen molar-refractivity contribution >= 4 is 11.4 Å². The summed E-state index contributed by atoms with van der Waals surface area (Å²) in [7, 11) is 0. The van der Waals surface area contributed by atoms with Crippen molar-refractivity contribution in [1.29, 1.82) is 0 Å². The molecule has 2 aromatic carbocycles. The lowest BCUT2D eigenvalue weighted by molar-refractivity contribution is 1.37. The first-order valence-corrected chi connectivity index (χ1v) is 5.56. The van der Waals surface area contributed by atoms with Gasteiger partial charge in [-0.25, -0.2) is 0 Å². The molecule has 0 fully saturated rings. The van der Waals surface area contributed by atoms with Gasteiger partial charge in [-0.3, -0.25) is 0 Å². The maximum Gasteiger partial charge on any atom is 0.0416 e. The van der Waals surface area contributed by atoms with Gasteiger partial charge < -0.3 is 5.32 Å². The summed E-state index contributed by atoms with van der Waals surface area (Å²) in [5, 5.41) is 3.44. The Morgan fingerprint density at radius 2 is 1.38 bits per heavy atom. The van der Waals surface area contributed by atoms with Gasteiger partial charge in [-0.2, -0.15) is 0 Å². The van der Waals surface area contributed by atoms with Gasteiger partial charge >= 0.3 is 0 Å². The zero-order chi connectivity index (χ0) is 11.5. The van der Waals surface area contributed by atoms with E-state index >= 15 is 0 Å². The summed E-state index contributed by atoms with van der Waals surface area (Å²) >= 11 is 0. The van der Waals surface area contributed by atoms with Crippen molar-refractivity contribution < 1.29 is 0 Å². The molecule has 82 valence electrons. The van der Waals surface area contributed by atoms with Crippen LogP contribution in [0.25, 0.3) is 0 Å². The van der Waals surface area contributed by atoms with E-state index in [-0.39, 0.29) is 0 Å². The summed E-state index contributed by atoms with van der Waals surface area (Å²) in [6.07, 6.45) is 0. The number of anilines is 2. The fourth-order valence-electron chi connectivity index (χ4n) is 1.66. The van der Waals surface area contributed by atoms with Crippen LogP contribution < -0.4 is 5.32 Å². The molecule has 0 spiro atoms. The number of rotatable bonds is 2. The first-order chi connectivity index (χ1) is 7.65. The van der Waals surface area contributed by atoms with Crippen LogP contribution in [0, 0.1) is 20.8 Å². The Kier molecular flexibility index (Phi) is 2.95. The molecule has 0 atom stereocenters. The molecule has 1 heteroatoms. The molecule has 0 aliphatic heterocycles. The van der Waals surface area contributed by atoms with Gasteiger partial charge in [0.25, 0.3) is 0 Å². The van der Waals surface area contributed by atoms with Crippen molar-refractivity contribution in [2.24, 2.45) is 0 Å². The van der Waals surface area contributed by atoms with Crippen LogP contribution in [0.2, 0.25) is 0 Å². The molecular weight excluding hydrogens is 194 g/mol. The standard InChI is InChI=1S/C15H17N/c1-11-5-8-14(9-6-11)16-15-10-12(2)4-7-13(15)3/h4-10,16H,1-3H3. The summed E-state index contributed by atoms with van der Waals surface area (Å²) in [6.45, 7) is 6.33. The smallest absolute Gasteiger partial charge is 0.0416 e. The van der Waals surface area contributed by atoms with Crippen molar-refractivity contribution in [1.82, 2.24) is 0 Å². The van der Waals surface area contributed by atoms with E-state index in [0.717, 1.165) is 5.69 Å². The van der Waals surface area contributed by atoms with Crippen LogP contribution in [-0.4, -0.2) is 0 Å². The molecule has 0 aliphatic rings. The van der Waals surface area contributed by atoms with E-state index in [1.807, 2.05) is 0 Å². The maximum absolute atomic E-state index is 3.44. The van der Waals surface area contributed by atoms with Crippen LogP contribution in [0.3, 0.4) is 0 Å². The minimum Gasteiger partial charge on any atom is -0.355 e. The van der Waals surface area contributed by atoms with E-state index < -0.39 is 0 Å². The van der Waals surface area contributed by atoms with Gasteiger partial charge in [-0.1, -0.05) is 29.8 Å². The molecule has 0 radical (unpaired) electrons. The Labute approximate surface area is 97.1 Å². The van der Waals surface area contributed by atoms with Crippen LogP contribution in [0.15, 0.2) is 42.5 Å². The van der Waals surface area contributed by atoms with E-state index in [9.17, 15) is 0 Å². The summed E-state index contributed by atoms with van der Waals surface area (Å²) in [5.41, 5.74) is 6.15. The zero-order valence-corrected chi connectivity index (χ0v) is 10.0. The van der Waals surface area contributed by atoms with E-state index in [2.05, 4.69) is 68.6 Å². The molecule has 2 aromatic rings. The molecule has 0 aromatic heterocycles. The highest BCUT2D eigenvalue weighted by Gasteiger charge is 1.98. The van der Waals surface area contributed by atoms with Gasteiger partial charge in [-0.05, 0) is 50.1 Å². The summed E-state index contributed by atoms with van der Waals surface area (Å²) in [4.78, 5) is 0. The second kappa shape index (κ2) is 4.40. The fraction of sp³-hybridized carbons (Fsp3) is 0.200. The van der Waals surface area contributed by atoms with Crippen molar-refractivity contribution in [2.45, 2.75) is 20.8 Å². The number of hydrogen-bond acceptors (Lipinski definition) is 1. The first kappa shape index (κ1) is 10.7. The van der Waals surface area contributed by atoms with Gasteiger partial charge in [0.15, 0.2) is 0 Å². The van der Waals surface area contributed by atoms with Crippen LogP contribution in [0.5, 0.6) is 0 Å². The summed E-state index contributed by atoms with van der Waals surface area (Å²) in [6, 6.07) is 14.9. The van der Waals surface area contributed by atoms with Crippen LogP contribution in [-0.2, 0) is 0 Å². The average molecular weight is 211 g/mol. The number of nitrogens with one attached hydrogen (secondary N) is 1. The molecule has 0 heterocycles. The quantitative estimate of drug-likeness (QED) is 0.778. The van der Waals surface area contributed by atoms with E-state index in [4.69, 9.17) is 0 Å². The average Bonchev–Trinajstić information content (AvgIpc) is 2.27. The van der Waals surface area contributed by atoms with Crippen molar-refractivity contribution in [3.63, 3.8) is 0 Å². The van der Waals surface area contributed by atoms with Gasteiger partial charge in [0.1, 0.15) is 0 Å². The Hall–Kier alpha value is -1.76. The lowest BCUT2D eigenvalue weighted by Gasteiger charge is -2.10. The van der Waals surface area contributed by atoms with Gasteiger partial charge in [0.05, 0.1) is 0 Å². The van der Waals surface area contributed by atoms with Gasteiger partial charge in [0, 0.05) is 11.4 Å². The van der Waals surface area contributed by atoms with Crippen LogP contribution in [0.1, 0.15) is 16.7 Å². The molecule has 0 saturated carbocycles. The molecule has 0 amide bonds. The molecule has 0 bridgehead atoms. The van der Waals surface area contributed by atoms with Crippen molar-refractivity contribution in [2.75, 3.05) is 5.32 Å². The van der Waals surface area contributed by atoms with Crippen molar-refractivity contribution in [3.8, 4) is 0 Å². The predicted molar refractivity (Wildman–Crippen MR) is 70.4 cm³/mol. The second-order valence-electron chi connectivity index (χ2n) is 4.31. The number of aryl methyl sites for hydroxylation is 3. The van der Waals surface area contributed by atoms with Crippen LogP contribution in [0.4, 0.5) is 11.4 Å². The van der Waals surface area contributed by atoms with E-state index in [1.54, 1.807) is 0 Å². The topological polar surface area (TPSA) is 12.0 Å².